The number of esters is 1. The van der Waals surface area contributed by atoms with Crippen molar-refractivity contribution in [2.24, 2.45) is 17.3 Å². The first-order valence-electron chi connectivity index (χ1n) is 10.1. The zero-order valence-corrected chi connectivity index (χ0v) is 19.3. The topological polar surface area (TPSA) is 59.4 Å². The van der Waals surface area contributed by atoms with Crippen molar-refractivity contribution in [2.75, 3.05) is 7.11 Å². The van der Waals surface area contributed by atoms with Crippen LogP contribution >= 0.6 is 11.3 Å². The fraction of sp³-hybridized carbons (Fsp3) is 0.500. The minimum atomic E-state index is -0.393. The number of aliphatic hydroxyl groups is 1. The van der Waals surface area contributed by atoms with E-state index in [-0.39, 0.29) is 11.5 Å². The Morgan fingerprint density at radius 1 is 1.24 bits per heavy atom. The molecule has 1 aromatic rings. The van der Waals surface area contributed by atoms with E-state index in [0.717, 1.165) is 11.4 Å². The van der Waals surface area contributed by atoms with Crippen LogP contribution in [0, 0.1) is 17.3 Å². The van der Waals surface area contributed by atoms with E-state index in [9.17, 15) is 9.90 Å². The largest absolute Gasteiger partial charge is 0.464 e. The van der Waals surface area contributed by atoms with Crippen molar-refractivity contribution in [2.45, 2.75) is 53.6 Å². The average Bonchev–Trinajstić information content (AvgIpc) is 3.14. The number of ether oxygens (including phenoxy) is 1. The number of rotatable bonds is 11. The zero-order valence-electron chi connectivity index (χ0n) is 18.5. The molecule has 1 rings (SSSR count). The maximum absolute atomic E-state index is 11.4. The van der Waals surface area contributed by atoms with Crippen LogP contribution in [-0.4, -0.2) is 29.3 Å². The van der Waals surface area contributed by atoms with Crippen molar-refractivity contribution >= 4 is 17.3 Å². The van der Waals surface area contributed by atoms with E-state index in [1.165, 1.54) is 18.4 Å². The van der Waals surface area contributed by atoms with E-state index in [0.29, 0.717) is 24.0 Å². The van der Waals surface area contributed by atoms with Crippen LogP contribution in [0.4, 0.5) is 0 Å². The van der Waals surface area contributed by atoms with E-state index < -0.39 is 5.97 Å². The monoisotopic (exact) mass is 417 g/mol. The van der Waals surface area contributed by atoms with Crippen LogP contribution in [0.3, 0.4) is 0 Å². The van der Waals surface area contributed by atoms with Gasteiger partial charge in [-0.05, 0) is 30.6 Å². The molecule has 4 nitrogen and oxygen atoms in total. The Morgan fingerprint density at radius 2 is 1.93 bits per heavy atom. The second-order valence-corrected chi connectivity index (χ2v) is 8.83. The molecule has 0 aliphatic heterocycles. The van der Waals surface area contributed by atoms with Gasteiger partial charge in [-0.15, -0.1) is 11.3 Å². The molecule has 0 aliphatic carbocycles. The van der Waals surface area contributed by atoms with E-state index in [1.54, 1.807) is 5.38 Å². The van der Waals surface area contributed by atoms with Gasteiger partial charge >= 0.3 is 5.97 Å². The number of thiazole rings is 1. The highest BCUT2D eigenvalue weighted by Crippen LogP contribution is 2.33. The Hall–Kier alpha value is -1.98. The molecule has 29 heavy (non-hydrogen) atoms. The summed E-state index contributed by atoms with van der Waals surface area (Å²) in [7, 11) is 1.36. The Morgan fingerprint density at radius 3 is 2.59 bits per heavy atom. The van der Waals surface area contributed by atoms with Crippen LogP contribution in [0.15, 0.2) is 54.0 Å². The molecule has 0 bridgehead atoms. The van der Waals surface area contributed by atoms with Gasteiger partial charge in [0.15, 0.2) is 5.69 Å². The predicted octanol–water partition coefficient (Wildman–Crippen LogP) is 5.77. The summed E-state index contributed by atoms with van der Waals surface area (Å²) in [6, 6.07) is 0. The third-order valence-corrected chi connectivity index (χ3v) is 6.10. The summed E-state index contributed by atoms with van der Waals surface area (Å²) in [6.45, 7) is 10.5. The summed E-state index contributed by atoms with van der Waals surface area (Å²) in [5.74, 6) is 0.239. The highest BCUT2D eigenvalue weighted by Gasteiger charge is 2.31. The van der Waals surface area contributed by atoms with E-state index >= 15 is 0 Å². The molecular formula is C24H35NO3S. The Labute approximate surface area is 179 Å². The summed E-state index contributed by atoms with van der Waals surface area (Å²) in [6.07, 6.45) is 17.3. The second-order valence-electron chi connectivity index (χ2n) is 7.88. The Bertz CT molecular complexity index is 743. The normalized spacial score (nSPS) is 16.2. The van der Waals surface area contributed by atoms with Crippen molar-refractivity contribution in [3.05, 3.63) is 64.7 Å². The Kier molecular flexibility index (Phi) is 10.8. The van der Waals surface area contributed by atoms with Gasteiger partial charge in [-0.3, -0.25) is 0 Å². The summed E-state index contributed by atoms with van der Waals surface area (Å²) < 4.78 is 4.68. The number of carbonyl (C=O) groups excluding carboxylic acids is 1. The quantitative estimate of drug-likeness (QED) is 0.282. The SMILES string of the molecule is C/C=C/[C@H](C)C(C)(C)[C@@H](O)C\C=C/C=C\C=C\[C@H](C)Cc1nc(C(=O)OC)cs1. The summed E-state index contributed by atoms with van der Waals surface area (Å²) in [5.41, 5.74) is 0.207. The van der Waals surface area contributed by atoms with Crippen molar-refractivity contribution in [1.29, 1.82) is 0 Å². The van der Waals surface area contributed by atoms with Crippen molar-refractivity contribution in [3.63, 3.8) is 0 Å². The molecule has 1 aromatic heterocycles. The van der Waals surface area contributed by atoms with Gasteiger partial charge in [0.1, 0.15) is 0 Å². The van der Waals surface area contributed by atoms with Gasteiger partial charge in [0.25, 0.3) is 0 Å². The lowest BCUT2D eigenvalue weighted by atomic mass is 9.74. The first-order valence-corrected chi connectivity index (χ1v) is 10.9. The maximum Gasteiger partial charge on any atom is 0.357 e. The van der Waals surface area contributed by atoms with Crippen LogP contribution in [0.5, 0.6) is 0 Å². The van der Waals surface area contributed by atoms with E-state index in [1.807, 2.05) is 43.4 Å². The second kappa shape index (κ2) is 12.6. The first kappa shape index (κ1) is 25.1. The summed E-state index contributed by atoms with van der Waals surface area (Å²) in [4.78, 5) is 15.7. The van der Waals surface area contributed by atoms with E-state index in [2.05, 4.69) is 49.6 Å². The molecule has 5 heteroatoms. The van der Waals surface area contributed by atoms with Crippen LogP contribution in [0.2, 0.25) is 0 Å². The maximum atomic E-state index is 11.4. The molecule has 0 saturated heterocycles. The lowest BCUT2D eigenvalue weighted by Crippen LogP contribution is -2.34. The van der Waals surface area contributed by atoms with Crippen molar-refractivity contribution < 1.29 is 14.6 Å². The summed E-state index contributed by atoms with van der Waals surface area (Å²) >= 11 is 1.48. The fourth-order valence-corrected chi connectivity index (χ4v) is 3.67. The van der Waals surface area contributed by atoms with Gasteiger partial charge in [0, 0.05) is 11.8 Å². The molecule has 0 aliphatic rings. The molecule has 0 saturated carbocycles. The number of methoxy groups -OCH3 is 1. The molecule has 0 radical (unpaired) electrons. The van der Waals surface area contributed by atoms with Gasteiger partial charge in [-0.2, -0.15) is 0 Å². The molecular weight excluding hydrogens is 382 g/mol. The van der Waals surface area contributed by atoms with Crippen LogP contribution in [0.1, 0.15) is 56.5 Å². The van der Waals surface area contributed by atoms with Gasteiger partial charge < -0.3 is 9.84 Å². The van der Waals surface area contributed by atoms with Crippen LogP contribution < -0.4 is 0 Å². The third kappa shape index (κ3) is 8.50. The minimum absolute atomic E-state index is 0.167. The third-order valence-electron chi connectivity index (χ3n) is 5.22. The Balaban J connectivity index is 2.43. The highest BCUT2D eigenvalue weighted by molar-refractivity contribution is 7.09. The molecule has 1 N–H and O–H groups in total. The van der Waals surface area contributed by atoms with Gasteiger partial charge in [0.05, 0.1) is 18.2 Å². The number of allylic oxidation sites excluding steroid dienone is 7. The number of carbonyl (C=O) groups is 1. The molecule has 1 heterocycles. The van der Waals surface area contributed by atoms with Crippen molar-refractivity contribution in [3.8, 4) is 0 Å². The summed E-state index contributed by atoms with van der Waals surface area (Å²) in [5, 5.41) is 13.1. The molecule has 0 unspecified atom stereocenters. The number of hydrogen-bond donors (Lipinski definition) is 1. The number of nitrogens with zero attached hydrogens (tertiary/aromatic N) is 1. The molecule has 0 amide bonds. The molecule has 160 valence electrons. The standard InChI is InChI=1S/C24H35NO3S/c1-7-13-19(3)24(4,5)21(26)15-12-10-8-9-11-14-18(2)16-22-25-20(17-29-22)23(27)28-6/h7-14,17-19,21,26H,15-16H2,1-6H3/b9-8-,12-10-,13-7+,14-11+/t18-,19-,21-/m0/s1. The van der Waals surface area contributed by atoms with Gasteiger partial charge in [-0.1, -0.05) is 76.3 Å². The minimum Gasteiger partial charge on any atom is -0.464 e. The first-order chi connectivity index (χ1) is 13.7. The zero-order chi connectivity index (χ0) is 21.9. The smallest absolute Gasteiger partial charge is 0.357 e. The number of hydrogen-bond acceptors (Lipinski definition) is 5. The molecule has 0 spiro atoms. The van der Waals surface area contributed by atoms with E-state index in [4.69, 9.17) is 0 Å². The van der Waals surface area contributed by atoms with Crippen LogP contribution in [0.25, 0.3) is 0 Å². The predicted molar refractivity (Wildman–Crippen MR) is 122 cm³/mol. The lowest BCUT2D eigenvalue weighted by molar-refractivity contribution is 0.0279. The van der Waals surface area contributed by atoms with Gasteiger partial charge in [-0.25, -0.2) is 9.78 Å². The van der Waals surface area contributed by atoms with Crippen LogP contribution in [-0.2, 0) is 11.2 Å². The fourth-order valence-electron chi connectivity index (χ4n) is 2.76. The highest BCUT2D eigenvalue weighted by atomic mass is 32.1. The number of aromatic nitrogens is 1. The van der Waals surface area contributed by atoms with Gasteiger partial charge in [0.2, 0.25) is 0 Å². The van der Waals surface area contributed by atoms with Crippen molar-refractivity contribution in [1.82, 2.24) is 4.98 Å². The molecule has 3 atom stereocenters. The molecule has 0 fully saturated rings. The molecule has 0 aromatic carbocycles. The lowest BCUT2D eigenvalue weighted by Gasteiger charge is -2.34. The number of aliphatic hydroxyl groups excluding tert-OH is 1. The average molecular weight is 418 g/mol.